The Balaban J connectivity index is 1.02. The van der Waals surface area contributed by atoms with Crippen LogP contribution in [-0.2, 0) is 16.1 Å². The first-order chi connectivity index (χ1) is 29.1. The summed E-state index contributed by atoms with van der Waals surface area (Å²) in [6.45, 7) is 13.4. The van der Waals surface area contributed by atoms with Crippen LogP contribution in [0.25, 0.3) is 0 Å². The molecule has 0 aromatic heterocycles. The third-order valence-corrected chi connectivity index (χ3v) is 13.1. The summed E-state index contributed by atoms with van der Waals surface area (Å²) in [6, 6.07) is 7.85. The average Bonchev–Trinajstić information content (AvgIpc) is 4.00. The molecule has 0 unspecified atom stereocenters. The smallest absolute Gasteiger partial charge is 0.306 e. The van der Waals surface area contributed by atoms with Crippen molar-refractivity contribution < 1.29 is 24.5 Å². The molecule has 1 saturated heterocycles. The highest BCUT2D eigenvalue weighted by molar-refractivity contribution is 6.21. The average molecular weight is 813 g/mol. The molecule has 0 saturated carbocycles. The summed E-state index contributed by atoms with van der Waals surface area (Å²) < 4.78 is 11.8. The fourth-order valence-electron chi connectivity index (χ4n) is 9.33. The Labute approximate surface area is 357 Å². The lowest BCUT2D eigenvalue weighted by Gasteiger charge is -2.17. The van der Waals surface area contributed by atoms with Crippen LogP contribution >= 0.6 is 0 Å². The van der Waals surface area contributed by atoms with E-state index in [2.05, 4.69) is 39.1 Å². The van der Waals surface area contributed by atoms with Gasteiger partial charge in [0.2, 0.25) is 0 Å². The van der Waals surface area contributed by atoms with Gasteiger partial charge in [0.1, 0.15) is 18.1 Å². The van der Waals surface area contributed by atoms with Crippen molar-refractivity contribution in [1.29, 1.82) is 0 Å². The summed E-state index contributed by atoms with van der Waals surface area (Å²) in [5, 5.41) is 25.7. The van der Waals surface area contributed by atoms with E-state index in [4.69, 9.17) is 24.5 Å². The summed E-state index contributed by atoms with van der Waals surface area (Å²) >= 11 is 0. The number of nitrogens with one attached hydrogen (secondary N) is 1. The van der Waals surface area contributed by atoms with Gasteiger partial charge in [0.05, 0.1) is 47.4 Å². The van der Waals surface area contributed by atoms with Crippen molar-refractivity contribution in [3.8, 4) is 5.75 Å². The van der Waals surface area contributed by atoms with E-state index < -0.39 is 0 Å². The highest BCUT2D eigenvalue weighted by atomic mass is 16.5. The van der Waals surface area contributed by atoms with Crippen LogP contribution in [0.2, 0.25) is 0 Å². The van der Waals surface area contributed by atoms with Gasteiger partial charge in [-0.2, -0.15) is 0 Å². The number of fused-ring (bicyclic) bond motifs is 5. The molecule has 8 bridgehead atoms. The number of carbonyl (C=O) groups is 1. The molecular formula is C51H64N4O5. The SMILES string of the molecule is CCCCCCCCCCCCOc1ccc(COC(=O)CC[C@@H]2C3=C4CC(O)=C5C4=NC(=C5C)C=C4N=C(C=C5N=C(C=C(N3)[C@H]2C)C(C)=C5CO)C(C)=C4CC)cc1. The number of nitrogens with zero attached hydrogens (tertiary/aromatic N) is 3. The molecule has 1 aliphatic carbocycles. The number of carbonyl (C=O) groups excluding carboxylic acids is 1. The molecule has 1 aromatic rings. The third kappa shape index (κ3) is 9.31. The topological polar surface area (TPSA) is 125 Å². The van der Waals surface area contributed by atoms with E-state index in [-0.39, 0.29) is 37.4 Å². The van der Waals surface area contributed by atoms with E-state index in [1.165, 1.54) is 57.8 Å². The van der Waals surface area contributed by atoms with Gasteiger partial charge in [-0.05, 0) is 98.3 Å². The normalized spacial score (nSPS) is 20.8. The number of hydrogen-bond donors (Lipinski definition) is 3. The number of rotatable bonds is 19. The number of aliphatic imine (C=N–C) groups is 3. The highest BCUT2D eigenvalue weighted by Gasteiger charge is 2.41. The molecule has 9 heteroatoms. The van der Waals surface area contributed by atoms with Gasteiger partial charge in [-0.15, -0.1) is 0 Å². The van der Waals surface area contributed by atoms with Gasteiger partial charge in [0, 0.05) is 52.8 Å². The third-order valence-electron chi connectivity index (χ3n) is 13.1. The van der Waals surface area contributed by atoms with Gasteiger partial charge in [-0.3, -0.25) is 4.79 Å². The zero-order valence-electron chi connectivity index (χ0n) is 36.7. The van der Waals surface area contributed by atoms with Crippen LogP contribution in [0.15, 0.2) is 131 Å². The Morgan fingerprint density at radius 3 is 2.15 bits per heavy atom. The predicted octanol–water partition coefficient (Wildman–Crippen LogP) is 11.5. The molecule has 0 radical (unpaired) electrons. The van der Waals surface area contributed by atoms with Gasteiger partial charge in [-0.1, -0.05) is 90.7 Å². The predicted molar refractivity (Wildman–Crippen MR) is 242 cm³/mol. The maximum Gasteiger partial charge on any atom is 0.306 e. The van der Waals surface area contributed by atoms with Crippen LogP contribution in [0, 0.1) is 11.8 Å². The molecule has 318 valence electrons. The maximum atomic E-state index is 13.3. The molecule has 5 heterocycles. The molecule has 9 nitrogen and oxygen atoms in total. The monoisotopic (exact) mass is 812 g/mol. The first-order valence-corrected chi connectivity index (χ1v) is 22.6. The Bertz CT molecular complexity index is 2220. The molecule has 5 aliphatic heterocycles. The first-order valence-electron chi connectivity index (χ1n) is 22.6. The van der Waals surface area contributed by atoms with E-state index in [1.807, 2.05) is 50.3 Å². The van der Waals surface area contributed by atoms with Gasteiger partial charge < -0.3 is 25.0 Å². The van der Waals surface area contributed by atoms with E-state index in [0.29, 0.717) is 30.9 Å². The van der Waals surface area contributed by atoms with Crippen LogP contribution in [0.3, 0.4) is 0 Å². The number of allylic oxidation sites excluding steroid dienone is 11. The number of ether oxygens (including phenoxy) is 2. The summed E-state index contributed by atoms with van der Waals surface area (Å²) in [5.41, 5.74) is 14.2. The first kappa shape index (κ1) is 43.1. The number of benzene rings is 1. The van der Waals surface area contributed by atoms with Crippen molar-refractivity contribution in [1.82, 2.24) is 5.32 Å². The molecular weight excluding hydrogens is 749 g/mol. The minimum atomic E-state index is -0.255. The second-order valence-electron chi connectivity index (χ2n) is 17.1. The number of aliphatic hydroxyl groups excluding tert-OH is 2. The van der Waals surface area contributed by atoms with Crippen molar-refractivity contribution in [3.63, 3.8) is 0 Å². The van der Waals surface area contributed by atoms with Crippen molar-refractivity contribution in [3.05, 3.63) is 121 Å². The van der Waals surface area contributed by atoms with Crippen LogP contribution < -0.4 is 10.1 Å². The second kappa shape index (κ2) is 19.6. The zero-order chi connectivity index (χ0) is 42.3. The Hall–Kier alpha value is -5.02. The Morgan fingerprint density at radius 2 is 1.47 bits per heavy atom. The van der Waals surface area contributed by atoms with Gasteiger partial charge in [-0.25, -0.2) is 15.0 Å². The van der Waals surface area contributed by atoms with E-state index in [9.17, 15) is 15.0 Å². The molecule has 0 amide bonds. The molecule has 2 atom stereocenters. The number of aliphatic hydroxyl groups is 2. The van der Waals surface area contributed by atoms with Gasteiger partial charge >= 0.3 is 5.97 Å². The largest absolute Gasteiger partial charge is 0.511 e. The molecule has 1 fully saturated rings. The van der Waals surface area contributed by atoms with E-state index in [0.717, 1.165) is 103 Å². The fourth-order valence-corrected chi connectivity index (χ4v) is 9.33. The second-order valence-corrected chi connectivity index (χ2v) is 17.1. The summed E-state index contributed by atoms with van der Waals surface area (Å²) in [7, 11) is 0. The number of esters is 1. The van der Waals surface area contributed by atoms with Crippen LogP contribution in [0.5, 0.6) is 5.75 Å². The summed E-state index contributed by atoms with van der Waals surface area (Å²) in [6.07, 6.45) is 21.0. The van der Waals surface area contributed by atoms with Crippen molar-refractivity contribution in [2.45, 2.75) is 138 Å². The van der Waals surface area contributed by atoms with Crippen LogP contribution in [0.4, 0.5) is 0 Å². The highest BCUT2D eigenvalue weighted by Crippen LogP contribution is 2.46. The van der Waals surface area contributed by atoms with Crippen LogP contribution in [-0.4, -0.2) is 46.5 Å². The lowest BCUT2D eigenvalue weighted by molar-refractivity contribution is -0.145. The summed E-state index contributed by atoms with van der Waals surface area (Å²) in [4.78, 5) is 28.6. The molecule has 3 N–H and O–H groups in total. The maximum absolute atomic E-state index is 13.3. The Morgan fingerprint density at radius 1 is 0.817 bits per heavy atom. The van der Waals surface area contributed by atoms with E-state index in [1.54, 1.807) is 0 Å². The standard InChI is InChI=1S/C51H64N4O5/c1-7-9-10-11-12-13-14-15-16-17-24-59-36-20-18-35(19-21-36)30-60-48(58)23-22-38-32(4)43-26-41-33(5)40(29-56)46(53-41)27-42-31(3)37(8-2)45(52-42)28-44-34(6)49-47(57)25-39(50(38)54-43)51(49)55-44/h18-21,26-28,32,38,54,56-57H,7-17,22-25,29-30H2,1-6H3/t32-,38-/m0/s1. The molecule has 1 aromatic carbocycles. The van der Waals surface area contributed by atoms with Gasteiger partial charge in [0.25, 0.3) is 0 Å². The number of unbranched alkanes of at least 4 members (excludes halogenated alkanes) is 9. The molecule has 6 aliphatic rings. The Kier molecular flexibility index (Phi) is 14.1. The van der Waals surface area contributed by atoms with Gasteiger partial charge in [0.15, 0.2) is 0 Å². The fraction of sp³-hybridized carbons (Fsp3) is 0.490. The molecule has 0 spiro atoms. The molecule has 60 heavy (non-hydrogen) atoms. The van der Waals surface area contributed by atoms with E-state index >= 15 is 0 Å². The lowest BCUT2D eigenvalue weighted by atomic mass is 9.86. The lowest BCUT2D eigenvalue weighted by Crippen LogP contribution is -2.16. The van der Waals surface area contributed by atoms with Crippen LogP contribution in [0.1, 0.15) is 137 Å². The molecule has 7 rings (SSSR count). The van der Waals surface area contributed by atoms with Crippen molar-refractivity contribution in [2.75, 3.05) is 13.2 Å². The zero-order valence-corrected chi connectivity index (χ0v) is 36.7. The minimum Gasteiger partial charge on any atom is -0.511 e. The van der Waals surface area contributed by atoms with Crippen molar-refractivity contribution in [2.24, 2.45) is 26.8 Å². The quantitative estimate of drug-likeness (QED) is 0.0943. The number of hydrogen-bond acceptors (Lipinski definition) is 9. The van der Waals surface area contributed by atoms with Crippen molar-refractivity contribution >= 4 is 23.1 Å². The minimum absolute atomic E-state index is 0.00599. The summed E-state index contributed by atoms with van der Waals surface area (Å²) in [5.74, 6) is 0.836.